The number of hydrogen-bond donors (Lipinski definition) is 0. The Morgan fingerprint density at radius 1 is 1.43 bits per heavy atom. The van der Waals surface area contributed by atoms with Crippen LogP contribution in [0.4, 0.5) is 4.39 Å². The Balaban J connectivity index is 2.17. The van der Waals surface area contributed by atoms with Gasteiger partial charge in [0.1, 0.15) is 5.82 Å². The van der Waals surface area contributed by atoms with Crippen molar-refractivity contribution < 1.29 is 14.0 Å². The predicted molar refractivity (Wildman–Crippen MR) is 50.7 cm³/mol. The summed E-state index contributed by atoms with van der Waals surface area (Å²) in [5.41, 5.74) is 0. The highest BCUT2D eigenvalue weighted by Gasteiger charge is 2.19. The van der Waals surface area contributed by atoms with E-state index in [-0.39, 0.29) is 11.7 Å². The van der Waals surface area contributed by atoms with Gasteiger partial charge in [-0.2, -0.15) is 0 Å². The fraction of sp³-hybridized carbons (Fsp3) is 0. The second-order valence-electron chi connectivity index (χ2n) is 2.65. The molecule has 0 unspecified atom stereocenters. The number of halogens is 2. The van der Waals surface area contributed by atoms with Crippen LogP contribution in [0.2, 0.25) is 0 Å². The molecular weight excluding hydrogens is 253 g/mol. The van der Waals surface area contributed by atoms with E-state index in [1.807, 2.05) is 0 Å². The highest BCUT2D eigenvalue weighted by molar-refractivity contribution is 9.10. The van der Waals surface area contributed by atoms with Crippen LogP contribution >= 0.6 is 15.9 Å². The van der Waals surface area contributed by atoms with Crippen molar-refractivity contribution in [2.24, 2.45) is 0 Å². The zero-order chi connectivity index (χ0) is 10.1. The smallest absolute Gasteiger partial charge is 0.285 e. The molecule has 0 saturated heterocycles. The molecule has 0 aliphatic carbocycles. The Morgan fingerprint density at radius 3 is 2.71 bits per heavy atom. The topological polar surface area (TPSA) is 29.5 Å². The van der Waals surface area contributed by atoms with Gasteiger partial charge < -0.3 is 4.84 Å². The summed E-state index contributed by atoms with van der Waals surface area (Å²) in [5.74, 6) is -0.208. The van der Waals surface area contributed by atoms with Gasteiger partial charge in [0.05, 0.1) is 10.7 Å². The summed E-state index contributed by atoms with van der Waals surface area (Å²) < 4.78 is 13.1. The third-order valence-electron chi connectivity index (χ3n) is 1.66. The van der Waals surface area contributed by atoms with Crippen LogP contribution in [-0.4, -0.2) is 11.0 Å². The molecule has 1 aliphatic rings. The monoisotopic (exact) mass is 257 g/mol. The highest BCUT2D eigenvalue weighted by Crippen LogP contribution is 2.27. The van der Waals surface area contributed by atoms with Crippen LogP contribution in [0.1, 0.15) is 0 Å². The van der Waals surface area contributed by atoms with Gasteiger partial charge in [-0.05, 0) is 34.1 Å². The molecule has 0 bridgehead atoms. The minimum atomic E-state index is -0.366. The third kappa shape index (κ3) is 1.63. The van der Waals surface area contributed by atoms with Crippen molar-refractivity contribution in [3.8, 4) is 5.75 Å². The number of carbonyl (C=O) groups excluding carboxylic acids is 1. The van der Waals surface area contributed by atoms with Crippen molar-refractivity contribution >= 4 is 21.8 Å². The van der Waals surface area contributed by atoms with Crippen LogP contribution in [0, 0.1) is 5.82 Å². The molecule has 0 N–H and O–H groups in total. The van der Waals surface area contributed by atoms with Crippen molar-refractivity contribution in [2.45, 2.75) is 0 Å². The third-order valence-corrected chi connectivity index (χ3v) is 2.28. The summed E-state index contributed by atoms with van der Waals surface area (Å²) in [6, 6.07) is 3.97. The average Bonchev–Trinajstić information content (AvgIpc) is 2.14. The molecule has 5 heteroatoms. The zero-order valence-corrected chi connectivity index (χ0v) is 8.49. The molecule has 0 radical (unpaired) electrons. The van der Waals surface area contributed by atoms with Crippen LogP contribution in [0.3, 0.4) is 0 Å². The number of carbonyl (C=O) groups is 1. The lowest BCUT2D eigenvalue weighted by Crippen LogP contribution is -2.34. The van der Waals surface area contributed by atoms with E-state index >= 15 is 0 Å². The van der Waals surface area contributed by atoms with E-state index in [4.69, 9.17) is 4.84 Å². The van der Waals surface area contributed by atoms with Gasteiger partial charge in [-0.3, -0.25) is 4.79 Å². The van der Waals surface area contributed by atoms with E-state index < -0.39 is 0 Å². The molecule has 2 rings (SSSR count). The van der Waals surface area contributed by atoms with Crippen molar-refractivity contribution in [3.05, 3.63) is 40.8 Å². The fourth-order valence-electron chi connectivity index (χ4n) is 0.927. The minimum Gasteiger partial charge on any atom is -0.371 e. The first kappa shape index (κ1) is 9.21. The van der Waals surface area contributed by atoms with E-state index in [0.29, 0.717) is 10.2 Å². The van der Waals surface area contributed by atoms with Crippen LogP contribution < -0.4 is 4.84 Å². The van der Waals surface area contributed by atoms with Gasteiger partial charge in [-0.15, -0.1) is 5.06 Å². The number of hydroxylamine groups is 2. The number of hydrogen-bond acceptors (Lipinski definition) is 2. The van der Waals surface area contributed by atoms with Gasteiger partial charge in [0.15, 0.2) is 5.75 Å². The standard InChI is InChI=1S/C9H5BrFNO2/c10-7-5-6(11)1-2-8(7)14-12-4-3-9(12)13/h1-5H. The number of benzene rings is 1. The number of nitrogens with zero attached hydrogens (tertiary/aromatic N) is 1. The lowest BCUT2D eigenvalue weighted by molar-refractivity contribution is -0.147. The first-order chi connectivity index (χ1) is 6.66. The maximum atomic E-state index is 12.7. The molecule has 1 aromatic rings. The van der Waals surface area contributed by atoms with Crippen molar-refractivity contribution in [3.63, 3.8) is 0 Å². The number of rotatable bonds is 2. The molecule has 0 saturated carbocycles. The van der Waals surface area contributed by atoms with Gasteiger partial charge >= 0.3 is 0 Å². The van der Waals surface area contributed by atoms with E-state index in [2.05, 4.69) is 15.9 Å². The summed E-state index contributed by atoms with van der Waals surface area (Å²) in [4.78, 5) is 16.0. The van der Waals surface area contributed by atoms with E-state index in [1.54, 1.807) is 0 Å². The largest absolute Gasteiger partial charge is 0.371 e. The SMILES string of the molecule is O=C1C=CN1Oc1ccc(F)cc1Br. The molecule has 72 valence electrons. The summed E-state index contributed by atoms with van der Waals surface area (Å²) in [5, 5.41) is 1.07. The zero-order valence-electron chi connectivity index (χ0n) is 6.91. The second-order valence-corrected chi connectivity index (χ2v) is 3.50. The van der Waals surface area contributed by atoms with Crippen LogP contribution in [0.5, 0.6) is 5.75 Å². The molecule has 0 aromatic heterocycles. The molecule has 1 aromatic carbocycles. The molecule has 0 fully saturated rings. The molecule has 0 spiro atoms. The molecule has 1 aliphatic heterocycles. The Kier molecular flexibility index (Phi) is 2.25. The summed E-state index contributed by atoms with van der Waals surface area (Å²) >= 11 is 3.12. The van der Waals surface area contributed by atoms with Gasteiger partial charge in [-0.25, -0.2) is 4.39 Å². The van der Waals surface area contributed by atoms with Gasteiger partial charge in [0.25, 0.3) is 5.91 Å². The lowest BCUT2D eigenvalue weighted by Gasteiger charge is -2.22. The second kappa shape index (κ2) is 3.42. The molecule has 3 nitrogen and oxygen atoms in total. The van der Waals surface area contributed by atoms with Gasteiger partial charge in [-0.1, -0.05) is 0 Å². The fourth-order valence-corrected chi connectivity index (χ4v) is 1.35. The van der Waals surface area contributed by atoms with Gasteiger partial charge in [0, 0.05) is 6.08 Å². The maximum absolute atomic E-state index is 12.7. The van der Waals surface area contributed by atoms with E-state index in [0.717, 1.165) is 5.06 Å². The molecule has 0 atom stereocenters. The normalized spacial score (nSPS) is 14.1. The quantitative estimate of drug-likeness (QED) is 0.814. The van der Waals surface area contributed by atoms with E-state index in [9.17, 15) is 9.18 Å². The Labute approximate surface area is 87.9 Å². The lowest BCUT2D eigenvalue weighted by atomic mass is 10.3. The van der Waals surface area contributed by atoms with Crippen molar-refractivity contribution in [2.75, 3.05) is 0 Å². The molecule has 1 heterocycles. The van der Waals surface area contributed by atoms with Gasteiger partial charge in [0.2, 0.25) is 0 Å². The Hall–Kier alpha value is -1.36. The first-order valence-electron chi connectivity index (χ1n) is 3.81. The average molecular weight is 258 g/mol. The number of amides is 1. The van der Waals surface area contributed by atoms with E-state index in [1.165, 1.54) is 30.5 Å². The van der Waals surface area contributed by atoms with Crippen LogP contribution in [0.15, 0.2) is 34.9 Å². The maximum Gasteiger partial charge on any atom is 0.285 e. The minimum absolute atomic E-state index is 0.235. The highest BCUT2D eigenvalue weighted by atomic mass is 79.9. The molecule has 1 amide bonds. The van der Waals surface area contributed by atoms with Crippen molar-refractivity contribution in [1.82, 2.24) is 5.06 Å². The summed E-state index contributed by atoms with van der Waals surface area (Å²) in [6.07, 6.45) is 2.86. The van der Waals surface area contributed by atoms with Crippen molar-refractivity contribution in [1.29, 1.82) is 0 Å². The Morgan fingerprint density at radius 2 is 2.21 bits per heavy atom. The molecule has 14 heavy (non-hydrogen) atoms. The molecular formula is C9H5BrFNO2. The first-order valence-corrected chi connectivity index (χ1v) is 4.60. The Bertz CT molecular complexity index is 419. The summed E-state index contributed by atoms with van der Waals surface area (Å²) in [7, 11) is 0. The summed E-state index contributed by atoms with van der Waals surface area (Å²) in [6.45, 7) is 0. The van der Waals surface area contributed by atoms with Crippen LogP contribution in [0.25, 0.3) is 0 Å². The van der Waals surface area contributed by atoms with Crippen LogP contribution in [-0.2, 0) is 4.79 Å². The predicted octanol–water partition coefficient (Wildman–Crippen LogP) is 2.24.